The van der Waals surface area contributed by atoms with Crippen molar-refractivity contribution >= 4 is 0 Å². The van der Waals surface area contributed by atoms with Crippen LogP contribution in [0.2, 0.25) is 0 Å². The van der Waals surface area contributed by atoms with Crippen molar-refractivity contribution < 1.29 is 0 Å². The highest BCUT2D eigenvalue weighted by Gasteiger charge is 2.09. The molecular weight excluding hydrogens is 174 g/mol. The SMILES string of the molecule is CCNC(CC)Cc1nccn1CC. The summed E-state index contributed by atoms with van der Waals surface area (Å²) in [6, 6.07) is 0.563. The fourth-order valence-corrected chi connectivity index (χ4v) is 1.69. The molecule has 80 valence electrons. The lowest BCUT2D eigenvalue weighted by molar-refractivity contribution is 0.489. The van der Waals surface area contributed by atoms with Crippen molar-refractivity contribution in [3.8, 4) is 0 Å². The van der Waals surface area contributed by atoms with E-state index in [0.29, 0.717) is 6.04 Å². The smallest absolute Gasteiger partial charge is 0.110 e. The summed E-state index contributed by atoms with van der Waals surface area (Å²) in [5.74, 6) is 1.19. The molecule has 1 heterocycles. The molecule has 3 nitrogen and oxygen atoms in total. The van der Waals surface area contributed by atoms with E-state index in [4.69, 9.17) is 0 Å². The fraction of sp³-hybridized carbons (Fsp3) is 0.727. The molecule has 0 amide bonds. The van der Waals surface area contributed by atoms with Crippen LogP contribution in [0.5, 0.6) is 0 Å². The molecular formula is C11H21N3. The van der Waals surface area contributed by atoms with Crippen LogP contribution in [0.4, 0.5) is 0 Å². The number of aryl methyl sites for hydroxylation is 1. The van der Waals surface area contributed by atoms with Crippen LogP contribution in [0, 0.1) is 0 Å². The van der Waals surface area contributed by atoms with Gasteiger partial charge in [-0.25, -0.2) is 4.98 Å². The average molecular weight is 195 g/mol. The Hall–Kier alpha value is -0.830. The molecule has 3 heteroatoms. The maximum absolute atomic E-state index is 4.38. The molecule has 0 aromatic carbocycles. The van der Waals surface area contributed by atoms with E-state index in [2.05, 4.69) is 35.6 Å². The first-order valence-electron chi connectivity index (χ1n) is 5.55. The molecule has 1 rings (SSSR count). The van der Waals surface area contributed by atoms with Crippen LogP contribution in [0.15, 0.2) is 12.4 Å². The molecule has 0 saturated carbocycles. The van der Waals surface area contributed by atoms with Crippen molar-refractivity contribution in [1.29, 1.82) is 0 Å². The zero-order valence-electron chi connectivity index (χ0n) is 9.45. The van der Waals surface area contributed by atoms with Gasteiger partial charge in [0.25, 0.3) is 0 Å². The number of likely N-dealkylation sites (N-methyl/N-ethyl adjacent to an activating group) is 1. The molecule has 0 aliphatic rings. The topological polar surface area (TPSA) is 29.9 Å². The Morgan fingerprint density at radius 3 is 2.79 bits per heavy atom. The zero-order valence-corrected chi connectivity index (χ0v) is 9.45. The number of rotatable bonds is 6. The Morgan fingerprint density at radius 1 is 1.43 bits per heavy atom. The largest absolute Gasteiger partial charge is 0.335 e. The van der Waals surface area contributed by atoms with Crippen LogP contribution in [-0.4, -0.2) is 22.1 Å². The van der Waals surface area contributed by atoms with Crippen molar-refractivity contribution in [2.75, 3.05) is 6.54 Å². The summed E-state index contributed by atoms with van der Waals surface area (Å²) < 4.78 is 2.21. The summed E-state index contributed by atoms with van der Waals surface area (Å²) in [5.41, 5.74) is 0. The Kier molecular flexibility index (Phi) is 4.66. The molecule has 1 unspecified atom stereocenters. The maximum atomic E-state index is 4.38. The van der Waals surface area contributed by atoms with Crippen molar-refractivity contribution in [2.24, 2.45) is 0 Å². The number of imidazole rings is 1. The van der Waals surface area contributed by atoms with Gasteiger partial charge in [0, 0.05) is 31.4 Å². The molecule has 0 saturated heterocycles. The van der Waals surface area contributed by atoms with E-state index in [1.54, 1.807) is 0 Å². The summed E-state index contributed by atoms with van der Waals surface area (Å²) in [5, 5.41) is 3.47. The molecule has 0 bridgehead atoms. The first kappa shape index (κ1) is 11.2. The lowest BCUT2D eigenvalue weighted by Gasteiger charge is -2.15. The minimum Gasteiger partial charge on any atom is -0.335 e. The molecule has 1 aromatic rings. The molecule has 0 aliphatic carbocycles. The van der Waals surface area contributed by atoms with Gasteiger partial charge in [-0.3, -0.25) is 0 Å². The standard InChI is InChI=1S/C11H21N3/c1-4-10(12-5-2)9-11-13-7-8-14(11)6-3/h7-8,10,12H,4-6,9H2,1-3H3. The van der Waals surface area contributed by atoms with E-state index in [9.17, 15) is 0 Å². The molecule has 1 aromatic heterocycles. The lowest BCUT2D eigenvalue weighted by Crippen LogP contribution is -2.31. The van der Waals surface area contributed by atoms with Gasteiger partial charge in [-0.05, 0) is 19.9 Å². The number of aromatic nitrogens is 2. The van der Waals surface area contributed by atoms with E-state index in [1.165, 1.54) is 5.82 Å². The van der Waals surface area contributed by atoms with Crippen LogP contribution < -0.4 is 5.32 Å². The number of hydrogen-bond acceptors (Lipinski definition) is 2. The summed E-state index contributed by atoms with van der Waals surface area (Å²) in [6.07, 6.45) is 6.13. The van der Waals surface area contributed by atoms with Gasteiger partial charge in [0.2, 0.25) is 0 Å². The number of nitrogens with zero attached hydrogens (tertiary/aromatic N) is 2. The Morgan fingerprint density at radius 2 is 2.21 bits per heavy atom. The van der Waals surface area contributed by atoms with Crippen LogP contribution in [-0.2, 0) is 13.0 Å². The lowest BCUT2D eigenvalue weighted by atomic mass is 10.1. The Labute approximate surface area is 86.5 Å². The molecule has 0 radical (unpaired) electrons. The second-order valence-electron chi connectivity index (χ2n) is 3.50. The third kappa shape index (κ3) is 2.84. The van der Waals surface area contributed by atoms with Gasteiger partial charge in [-0.15, -0.1) is 0 Å². The highest BCUT2D eigenvalue weighted by atomic mass is 15.1. The van der Waals surface area contributed by atoms with Gasteiger partial charge < -0.3 is 9.88 Å². The fourth-order valence-electron chi connectivity index (χ4n) is 1.69. The van der Waals surface area contributed by atoms with Crippen molar-refractivity contribution in [3.05, 3.63) is 18.2 Å². The van der Waals surface area contributed by atoms with E-state index in [0.717, 1.165) is 25.9 Å². The van der Waals surface area contributed by atoms with Crippen LogP contribution >= 0.6 is 0 Å². The highest BCUT2D eigenvalue weighted by Crippen LogP contribution is 2.04. The molecule has 0 fully saturated rings. The second-order valence-corrected chi connectivity index (χ2v) is 3.50. The van der Waals surface area contributed by atoms with Crippen molar-refractivity contribution in [3.63, 3.8) is 0 Å². The van der Waals surface area contributed by atoms with Gasteiger partial charge in [0.1, 0.15) is 5.82 Å². The predicted molar refractivity (Wildman–Crippen MR) is 59.4 cm³/mol. The zero-order chi connectivity index (χ0) is 10.4. The molecule has 14 heavy (non-hydrogen) atoms. The van der Waals surface area contributed by atoms with E-state index in [1.807, 2.05) is 12.4 Å². The monoisotopic (exact) mass is 195 g/mol. The third-order valence-corrected chi connectivity index (χ3v) is 2.56. The predicted octanol–water partition coefficient (Wildman–Crippen LogP) is 1.83. The Balaban J connectivity index is 2.56. The first-order chi connectivity index (χ1) is 6.81. The van der Waals surface area contributed by atoms with E-state index >= 15 is 0 Å². The van der Waals surface area contributed by atoms with Crippen LogP contribution in [0.1, 0.15) is 33.0 Å². The van der Waals surface area contributed by atoms with Crippen molar-refractivity contribution in [2.45, 2.75) is 46.2 Å². The average Bonchev–Trinajstić information content (AvgIpc) is 2.64. The van der Waals surface area contributed by atoms with Crippen LogP contribution in [0.3, 0.4) is 0 Å². The van der Waals surface area contributed by atoms with Gasteiger partial charge in [-0.1, -0.05) is 13.8 Å². The second kappa shape index (κ2) is 5.81. The summed E-state index contributed by atoms with van der Waals surface area (Å²) in [7, 11) is 0. The third-order valence-electron chi connectivity index (χ3n) is 2.56. The number of hydrogen-bond donors (Lipinski definition) is 1. The minimum absolute atomic E-state index is 0.563. The van der Waals surface area contributed by atoms with Gasteiger partial charge in [0.05, 0.1) is 0 Å². The van der Waals surface area contributed by atoms with Crippen molar-refractivity contribution in [1.82, 2.24) is 14.9 Å². The molecule has 0 spiro atoms. The van der Waals surface area contributed by atoms with Gasteiger partial charge >= 0.3 is 0 Å². The van der Waals surface area contributed by atoms with E-state index < -0.39 is 0 Å². The minimum atomic E-state index is 0.563. The van der Waals surface area contributed by atoms with E-state index in [-0.39, 0.29) is 0 Å². The van der Waals surface area contributed by atoms with Gasteiger partial charge in [-0.2, -0.15) is 0 Å². The summed E-state index contributed by atoms with van der Waals surface area (Å²) in [6.45, 7) is 8.56. The summed E-state index contributed by atoms with van der Waals surface area (Å²) >= 11 is 0. The molecule has 0 aliphatic heterocycles. The quantitative estimate of drug-likeness (QED) is 0.750. The highest BCUT2D eigenvalue weighted by molar-refractivity contribution is 4.95. The Bertz CT molecular complexity index is 255. The van der Waals surface area contributed by atoms with Gasteiger partial charge in [0.15, 0.2) is 0 Å². The molecule has 1 N–H and O–H groups in total. The first-order valence-corrected chi connectivity index (χ1v) is 5.55. The normalized spacial score (nSPS) is 13.1. The number of nitrogens with one attached hydrogen (secondary N) is 1. The molecule has 1 atom stereocenters. The maximum Gasteiger partial charge on any atom is 0.110 e. The van der Waals surface area contributed by atoms with Crippen LogP contribution in [0.25, 0.3) is 0 Å². The summed E-state index contributed by atoms with van der Waals surface area (Å²) in [4.78, 5) is 4.38.